The molecule has 0 amide bonds. The number of hydrogen-bond donors (Lipinski definition) is 0. The molecule has 4 heteroatoms. The maximum Gasteiger partial charge on any atom is 0.348 e. The fourth-order valence-electron chi connectivity index (χ4n) is 1.23. The van der Waals surface area contributed by atoms with Gasteiger partial charge in [0.05, 0.1) is 6.61 Å². The van der Waals surface area contributed by atoms with Crippen LogP contribution in [0.15, 0.2) is 0 Å². The lowest BCUT2D eigenvalue weighted by atomic mass is 9.81. The Morgan fingerprint density at radius 1 is 1.54 bits per heavy atom. The van der Waals surface area contributed by atoms with Gasteiger partial charge in [-0.05, 0) is 19.8 Å². The molecule has 0 aliphatic heterocycles. The second-order valence-corrected chi connectivity index (χ2v) is 3.14. The number of hydrogen-bond acceptors (Lipinski definition) is 3. The third-order valence-corrected chi connectivity index (χ3v) is 2.25. The summed E-state index contributed by atoms with van der Waals surface area (Å²) in [5.74, 6) is -1.90. The lowest BCUT2D eigenvalue weighted by Gasteiger charge is -2.24. The van der Waals surface area contributed by atoms with Gasteiger partial charge in [-0.3, -0.25) is 4.79 Å². The van der Waals surface area contributed by atoms with E-state index in [2.05, 4.69) is 4.74 Å². The Bertz CT molecular complexity index is 211. The second-order valence-electron chi connectivity index (χ2n) is 3.14. The first kappa shape index (κ1) is 10.2. The molecule has 0 heterocycles. The first-order chi connectivity index (χ1) is 6.16. The van der Waals surface area contributed by atoms with Crippen LogP contribution in [0.2, 0.25) is 0 Å². The summed E-state index contributed by atoms with van der Waals surface area (Å²) in [6.45, 7) is 1.69. The van der Waals surface area contributed by atoms with Gasteiger partial charge in [-0.1, -0.05) is 6.42 Å². The van der Waals surface area contributed by atoms with Gasteiger partial charge in [0.15, 0.2) is 5.78 Å². The summed E-state index contributed by atoms with van der Waals surface area (Å²) in [7, 11) is 0. The van der Waals surface area contributed by atoms with Crippen LogP contribution >= 0.6 is 0 Å². The number of ether oxygens (including phenoxy) is 1. The number of rotatable bonds is 4. The molecule has 1 aliphatic carbocycles. The fourth-order valence-corrected chi connectivity index (χ4v) is 1.23. The molecule has 74 valence electrons. The Labute approximate surface area is 76.3 Å². The number of alkyl halides is 1. The van der Waals surface area contributed by atoms with E-state index in [1.807, 2.05) is 0 Å². The number of halogens is 1. The Morgan fingerprint density at radius 2 is 2.15 bits per heavy atom. The van der Waals surface area contributed by atoms with E-state index in [4.69, 9.17) is 0 Å². The quantitative estimate of drug-likeness (QED) is 0.492. The number of ketones is 1. The Morgan fingerprint density at radius 3 is 2.54 bits per heavy atom. The average molecular weight is 188 g/mol. The third kappa shape index (κ3) is 2.26. The number of Topliss-reactive ketones (excluding diaryl/α,β-unsaturated/α-hetero) is 1. The van der Waals surface area contributed by atoms with Gasteiger partial charge in [0.25, 0.3) is 6.17 Å². The van der Waals surface area contributed by atoms with Crippen LogP contribution in [0.1, 0.15) is 26.2 Å². The Hall–Kier alpha value is -0.930. The molecule has 0 radical (unpaired) electrons. The molecule has 0 unspecified atom stereocenters. The van der Waals surface area contributed by atoms with E-state index in [-0.39, 0.29) is 12.5 Å². The van der Waals surface area contributed by atoms with Crippen molar-refractivity contribution < 1.29 is 18.7 Å². The lowest BCUT2D eigenvalue weighted by Crippen LogP contribution is -2.35. The van der Waals surface area contributed by atoms with E-state index in [1.54, 1.807) is 6.92 Å². The van der Waals surface area contributed by atoms with Crippen LogP contribution in [0, 0.1) is 5.92 Å². The third-order valence-electron chi connectivity index (χ3n) is 2.25. The molecule has 0 saturated heterocycles. The zero-order valence-corrected chi connectivity index (χ0v) is 7.59. The SMILES string of the molecule is CCOC(=O)[C@@H](F)C(=O)C1CCC1. The summed E-state index contributed by atoms with van der Waals surface area (Å²) in [6, 6.07) is 0. The summed E-state index contributed by atoms with van der Waals surface area (Å²) in [6.07, 6.45) is 0.300. The predicted molar refractivity (Wildman–Crippen MR) is 43.9 cm³/mol. The highest BCUT2D eigenvalue weighted by atomic mass is 19.1. The first-order valence-electron chi connectivity index (χ1n) is 4.51. The number of esters is 1. The molecular weight excluding hydrogens is 175 g/mol. The molecule has 0 bridgehead atoms. The molecule has 0 aromatic heterocycles. The van der Waals surface area contributed by atoms with Crippen molar-refractivity contribution in [2.75, 3.05) is 6.61 Å². The molecule has 1 atom stereocenters. The highest BCUT2D eigenvalue weighted by Gasteiger charge is 2.36. The maximum absolute atomic E-state index is 13.0. The number of carbonyl (C=O) groups is 2. The van der Waals surface area contributed by atoms with Crippen LogP contribution in [0.25, 0.3) is 0 Å². The molecule has 0 aromatic carbocycles. The van der Waals surface area contributed by atoms with Gasteiger partial charge in [-0.15, -0.1) is 0 Å². The van der Waals surface area contributed by atoms with E-state index in [0.29, 0.717) is 12.8 Å². The molecule has 0 spiro atoms. The maximum atomic E-state index is 13.0. The fraction of sp³-hybridized carbons (Fsp3) is 0.778. The van der Waals surface area contributed by atoms with Crippen molar-refractivity contribution in [3.63, 3.8) is 0 Å². The summed E-state index contributed by atoms with van der Waals surface area (Å²) >= 11 is 0. The monoisotopic (exact) mass is 188 g/mol. The van der Waals surface area contributed by atoms with Gasteiger partial charge in [-0.25, -0.2) is 9.18 Å². The predicted octanol–water partition coefficient (Wildman–Crippen LogP) is 1.26. The molecular formula is C9H13FO3. The van der Waals surface area contributed by atoms with Crippen LogP contribution < -0.4 is 0 Å². The minimum absolute atomic E-state index is 0.108. The summed E-state index contributed by atoms with van der Waals surface area (Å²) < 4.78 is 17.4. The van der Waals surface area contributed by atoms with Crippen molar-refractivity contribution in [2.24, 2.45) is 5.92 Å². The van der Waals surface area contributed by atoms with Crippen LogP contribution in [-0.2, 0) is 14.3 Å². The molecule has 0 N–H and O–H groups in total. The first-order valence-corrected chi connectivity index (χ1v) is 4.51. The highest BCUT2D eigenvalue weighted by molar-refractivity contribution is 6.03. The standard InChI is InChI=1S/C9H13FO3/c1-2-13-9(12)7(10)8(11)6-4-3-5-6/h6-7H,2-5H2,1H3/t7-/m0/s1. The Kier molecular flexibility index (Phi) is 3.39. The smallest absolute Gasteiger partial charge is 0.348 e. The molecule has 1 rings (SSSR count). The molecule has 13 heavy (non-hydrogen) atoms. The van der Waals surface area contributed by atoms with Gasteiger partial charge >= 0.3 is 5.97 Å². The topological polar surface area (TPSA) is 43.4 Å². The zero-order chi connectivity index (χ0) is 9.84. The van der Waals surface area contributed by atoms with E-state index in [9.17, 15) is 14.0 Å². The Balaban J connectivity index is 2.40. The van der Waals surface area contributed by atoms with E-state index in [1.165, 1.54) is 0 Å². The molecule has 1 saturated carbocycles. The minimum atomic E-state index is -2.06. The van der Waals surface area contributed by atoms with Crippen LogP contribution in [0.4, 0.5) is 4.39 Å². The summed E-state index contributed by atoms with van der Waals surface area (Å²) in [4.78, 5) is 22.0. The van der Waals surface area contributed by atoms with Gasteiger partial charge < -0.3 is 4.74 Å². The van der Waals surface area contributed by atoms with Gasteiger partial charge in [0.2, 0.25) is 0 Å². The van der Waals surface area contributed by atoms with E-state index in [0.717, 1.165) is 6.42 Å². The molecule has 1 fully saturated rings. The van der Waals surface area contributed by atoms with Crippen molar-refractivity contribution in [1.82, 2.24) is 0 Å². The van der Waals surface area contributed by atoms with Crippen LogP contribution in [0.3, 0.4) is 0 Å². The molecule has 3 nitrogen and oxygen atoms in total. The van der Waals surface area contributed by atoms with Gasteiger partial charge in [0, 0.05) is 5.92 Å². The normalized spacial score (nSPS) is 18.9. The van der Waals surface area contributed by atoms with E-state index >= 15 is 0 Å². The highest BCUT2D eigenvalue weighted by Crippen LogP contribution is 2.28. The van der Waals surface area contributed by atoms with E-state index < -0.39 is 17.9 Å². The summed E-state index contributed by atoms with van der Waals surface area (Å²) in [5, 5.41) is 0. The van der Waals surface area contributed by atoms with Crippen molar-refractivity contribution >= 4 is 11.8 Å². The van der Waals surface area contributed by atoms with Crippen molar-refractivity contribution in [3.8, 4) is 0 Å². The largest absolute Gasteiger partial charge is 0.463 e. The lowest BCUT2D eigenvalue weighted by molar-refractivity contribution is -0.154. The van der Waals surface area contributed by atoms with Gasteiger partial charge in [-0.2, -0.15) is 0 Å². The molecule has 1 aliphatic rings. The molecule has 0 aromatic rings. The number of carbonyl (C=O) groups excluding carboxylic acids is 2. The second kappa shape index (κ2) is 4.35. The van der Waals surface area contributed by atoms with Crippen LogP contribution in [0.5, 0.6) is 0 Å². The average Bonchev–Trinajstić information content (AvgIpc) is 2.00. The van der Waals surface area contributed by atoms with Crippen molar-refractivity contribution in [2.45, 2.75) is 32.4 Å². The minimum Gasteiger partial charge on any atom is -0.463 e. The van der Waals surface area contributed by atoms with Crippen molar-refractivity contribution in [3.05, 3.63) is 0 Å². The van der Waals surface area contributed by atoms with Crippen LogP contribution in [-0.4, -0.2) is 24.5 Å². The zero-order valence-electron chi connectivity index (χ0n) is 7.59. The summed E-state index contributed by atoms with van der Waals surface area (Å²) in [5.41, 5.74) is 0. The van der Waals surface area contributed by atoms with Crippen molar-refractivity contribution in [1.29, 1.82) is 0 Å². The van der Waals surface area contributed by atoms with Gasteiger partial charge in [0.1, 0.15) is 0 Å².